The Balaban J connectivity index is 1.25. The number of amides is 1. The maximum absolute atomic E-state index is 13.0. The maximum atomic E-state index is 13.0. The number of methoxy groups -OCH3 is 1. The topological polar surface area (TPSA) is 60.6 Å². The Morgan fingerprint density at radius 2 is 1.88 bits per heavy atom. The lowest BCUT2D eigenvalue weighted by atomic mass is 9.90. The van der Waals surface area contributed by atoms with E-state index in [1.165, 1.54) is 49.7 Å². The van der Waals surface area contributed by atoms with Gasteiger partial charge in [-0.2, -0.15) is 0 Å². The van der Waals surface area contributed by atoms with Crippen molar-refractivity contribution in [3.05, 3.63) is 65.9 Å². The van der Waals surface area contributed by atoms with Gasteiger partial charge in [0.05, 0.1) is 13.7 Å². The Morgan fingerprint density at radius 3 is 2.68 bits per heavy atom. The second kappa shape index (κ2) is 10.6. The van der Waals surface area contributed by atoms with Crippen molar-refractivity contribution in [1.82, 2.24) is 20.1 Å². The van der Waals surface area contributed by atoms with E-state index < -0.39 is 0 Å². The molecule has 0 aliphatic carbocycles. The summed E-state index contributed by atoms with van der Waals surface area (Å²) in [6, 6.07) is 17.1. The van der Waals surface area contributed by atoms with E-state index in [-0.39, 0.29) is 11.8 Å². The fraction of sp³-hybridized carbons (Fsp3) is 0.464. The normalized spacial score (nSPS) is 20.4. The third-order valence-electron chi connectivity index (χ3n) is 7.54. The van der Waals surface area contributed by atoms with Crippen LogP contribution in [0.1, 0.15) is 42.7 Å². The number of carbonyl (C=O) groups excluding carboxylic acids is 1. The summed E-state index contributed by atoms with van der Waals surface area (Å²) in [6.07, 6.45) is 7.25. The fourth-order valence-electron chi connectivity index (χ4n) is 5.64. The first-order valence-corrected chi connectivity index (χ1v) is 12.6. The quantitative estimate of drug-likeness (QED) is 0.534. The van der Waals surface area contributed by atoms with Crippen LogP contribution in [0.5, 0.6) is 5.75 Å². The minimum absolute atomic E-state index is 0.0608. The van der Waals surface area contributed by atoms with Gasteiger partial charge >= 0.3 is 0 Å². The summed E-state index contributed by atoms with van der Waals surface area (Å²) < 4.78 is 5.35. The molecule has 2 unspecified atom stereocenters. The van der Waals surface area contributed by atoms with E-state index in [0.29, 0.717) is 19.1 Å². The average molecular weight is 461 g/mol. The summed E-state index contributed by atoms with van der Waals surface area (Å²) >= 11 is 0. The molecule has 0 radical (unpaired) electrons. The molecule has 3 heterocycles. The Bertz CT molecular complexity index is 1090. The van der Waals surface area contributed by atoms with Gasteiger partial charge in [-0.25, -0.2) is 0 Å². The molecule has 0 saturated carbocycles. The highest BCUT2D eigenvalue weighted by Crippen LogP contribution is 2.31. The van der Waals surface area contributed by atoms with Crippen LogP contribution in [0.2, 0.25) is 0 Å². The van der Waals surface area contributed by atoms with Crippen LogP contribution in [0.25, 0.3) is 10.9 Å². The summed E-state index contributed by atoms with van der Waals surface area (Å²) in [5.74, 6) is 1.01. The minimum Gasteiger partial charge on any atom is -0.497 e. The summed E-state index contributed by atoms with van der Waals surface area (Å²) in [7, 11) is 1.68. The lowest BCUT2D eigenvalue weighted by Crippen LogP contribution is -2.42. The number of aromatic nitrogens is 1. The van der Waals surface area contributed by atoms with Gasteiger partial charge in [-0.05, 0) is 61.7 Å². The molecule has 0 bridgehead atoms. The zero-order valence-corrected chi connectivity index (χ0v) is 20.1. The van der Waals surface area contributed by atoms with Crippen molar-refractivity contribution in [2.45, 2.75) is 37.6 Å². The van der Waals surface area contributed by atoms with E-state index in [4.69, 9.17) is 4.74 Å². The summed E-state index contributed by atoms with van der Waals surface area (Å²) in [4.78, 5) is 21.3. The number of fused-ring (bicyclic) bond motifs is 1. The molecular formula is C28H36N4O2. The molecule has 5 rings (SSSR count). The smallest absolute Gasteiger partial charge is 0.234 e. The number of likely N-dealkylation sites (tertiary alicyclic amines) is 2. The molecule has 2 aliphatic heterocycles. The van der Waals surface area contributed by atoms with Gasteiger partial charge in [0.15, 0.2) is 0 Å². The van der Waals surface area contributed by atoms with E-state index in [9.17, 15) is 4.79 Å². The van der Waals surface area contributed by atoms with Crippen molar-refractivity contribution in [3.63, 3.8) is 0 Å². The van der Waals surface area contributed by atoms with Gasteiger partial charge in [0.25, 0.3) is 0 Å². The molecule has 180 valence electrons. The summed E-state index contributed by atoms with van der Waals surface area (Å²) in [5, 5.41) is 4.44. The van der Waals surface area contributed by atoms with Gasteiger partial charge in [0, 0.05) is 48.7 Å². The lowest BCUT2D eigenvalue weighted by Gasteiger charge is -2.32. The molecule has 6 heteroatoms. The molecule has 34 heavy (non-hydrogen) atoms. The van der Waals surface area contributed by atoms with Gasteiger partial charge in [-0.3, -0.25) is 14.6 Å². The average Bonchev–Trinajstić information content (AvgIpc) is 3.53. The summed E-state index contributed by atoms with van der Waals surface area (Å²) in [6.45, 7) is 5.51. The van der Waals surface area contributed by atoms with Crippen molar-refractivity contribution in [2.24, 2.45) is 0 Å². The Morgan fingerprint density at radius 1 is 1.09 bits per heavy atom. The number of hydrogen-bond acceptors (Lipinski definition) is 4. The zero-order chi connectivity index (χ0) is 23.3. The predicted molar refractivity (Wildman–Crippen MR) is 136 cm³/mol. The largest absolute Gasteiger partial charge is 0.497 e. The number of piperidine rings is 1. The van der Waals surface area contributed by atoms with E-state index in [0.717, 1.165) is 29.9 Å². The number of H-pyrrole nitrogens is 1. The SMILES string of the molecule is COc1ccc(C(CNC(=O)CN2CCC(N3CCCCC3)C2)c2c[nH]c3ccccc23)cc1. The van der Waals surface area contributed by atoms with Crippen molar-refractivity contribution < 1.29 is 9.53 Å². The van der Waals surface area contributed by atoms with E-state index in [1.807, 2.05) is 18.2 Å². The first-order valence-electron chi connectivity index (χ1n) is 12.6. The Labute approximate surface area is 202 Å². The van der Waals surface area contributed by atoms with Crippen molar-refractivity contribution in [3.8, 4) is 5.75 Å². The van der Waals surface area contributed by atoms with Crippen LogP contribution in [0.3, 0.4) is 0 Å². The predicted octanol–water partition coefficient (Wildman–Crippen LogP) is 3.98. The molecule has 2 N–H and O–H groups in total. The highest BCUT2D eigenvalue weighted by Gasteiger charge is 2.29. The van der Waals surface area contributed by atoms with Crippen LogP contribution in [0.4, 0.5) is 0 Å². The molecule has 1 amide bonds. The number of carbonyl (C=O) groups is 1. The number of ether oxygens (including phenoxy) is 1. The highest BCUT2D eigenvalue weighted by molar-refractivity contribution is 5.84. The lowest BCUT2D eigenvalue weighted by molar-refractivity contribution is -0.122. The monoisotopic (exact) mass is 460 g/mol. The minimum atomic E-state index is 0.0608. The number of nitrogens with one attached hydrogen (secondary N) is 2. The van der Waals surface area contributed by atoms with Crippen LogP contribution < -0.4 is 10.1 Å². The standard InChI is InChI=1S/C28H36N4O2/c1-34-23-11-9-21(10-12-23)25(26-18-29-27-8-4-3-7-24(26)27)17-30-28(33)20-31-16-13-22(19-31)32-14-5-2-6-15-32/h3-4,7-12,18,22,25,29H,2,5-6,13-17,19-20H2,1H3,(H,30,33). The van der Waals surface area contributed by atoms with E-state index >= 15 is 0 Å². The van der Waals surface area contributed by atoms with Crippen molar-refractivity contribution >= 4 is 16.8 Å². The molecular weight excluding hydrogens is 424 g/mol. The van der Waals surface area contributed by atoms with Crippen LogP contribution >= 0.6 is 0 Å². The first kappa shape index (κ1) is 22.9. The van der Waals surface area contributed by atoms with Gasteiger partial charge < -0.3 is 15.0 Å². The maximum Gasteiger partial charge on any atom is 0.234 e. The Hall–Kier alpha value is -2.83. The molecule has 1 aromatic heterocycles. The van der Waals surface area contributed by atoms with E-state index in [2.05, 4.69) is 56.6 Å². The second-order valence-corrected chi connectivity index (χ2v) is 9.69. The number of aromatic amines is 1. The molecule has 2 aliphatic rings. The molecule has 0 spiro atoms. The molecule has 2 fully saturated rings. The number of hydrogen-bond donors (Lipinski definition) is 2. The van der Waals surface area contributed by atoms with Crippen LogP contribution in [0, 0.1) is 0 Å². The molecule has 3 aromatic rings. The zero-order valence-electron chi connectivity index (χ0n) is 20.1. The van der Waals surface area contributed by atoms with Gasteiger partial charge in [-0.15, -0.1) is 0 Å². The highest BCUT2D eigenvalue weighted by atomic mass is 16.5. The van der Waals surface area contributed by atoms with Crippen LogP contribution in [0.15, 0.2) is 54.7 Å². The number of rotatable bonds is 8. The number of nitrogens with zero attached hydrogens (tertiary/aromatic N) is 2. The van der Waals surface area contributed by atoms with Gasteiger partial charge in [0.1, 0.15) is 5.75 Å². The first-order chi connectivity index (χ1) is 16.7. The molecule has 2 atom stereocenters. The fourth-order valence-corrected chi connectivity index (χ4v) is 5.64. The molecule has 6 nitrogen and oxygen atoms in total. The van der Waals surface area contributed by atoms with Gasteiger partial charge in [-0.1, -0.05) is 36.8 Å². The molecule has 2 aromatic carbocycles. The molecule has 2 saturated heterocycles. The van der Waals surface area contributed by atoms with Gasteiger partial charge in [0.2, 0.25) is 5.91 Å². The van der Waals surface area contributed by atoms with E-state index in [1.54, 1.807) is 7.11 Å². The number of benzene rings is 2. The van der Waals surface area contributed by atoms with Crippen LogP contribution in [-0.2, 0) is 4.79 Å². The number of para-hydroxylation sites is 1. The third kappa shape index (κ3) is 5.13. The van der Waals surface area contributed by atoms with Crippen LogP contribution in [-0.4, -0.2) is 73.1 Å². The summed E-state index contributed by atoms with van der Waals surface area (Å²) in [5.41, 5.74) is 3.48. The third-order valence-corrected chi connectivity index (χ3v) is 7.54. The van der Waals surface area contributed by atoms with Crippen molar-refractivity contribution in [2.75, 3.05) is 46.4 Å². The Kier molecular flexibility index (Phi) is 7.16. The second-order valence-electron chi connectivity index (χ2n) is 9.69. The van der Waals surface area contributed by atoms with Crippen molar-refractivity contribution in [1.29, 1.82) is 0 Å².